The number of para-hydroxylation sites is 1. The second kappa shape index (κ2) is 11.3. The smallest absolute Gasteiger partial charge is 0.143 e. The first kappa shape index (κ1) is 10.4. The minimum Gasteiger partial charge on any atom is -0.455 e. The first-order valence-electron chi connectivity index (χ1n) is 28.7. The summed E-state index contributed by atoms with van der Waals surface area (Å²) in [6.45, 7) is 0. The molecule has 0 saturated heterocycles. The van der Waals surface area contributed by atoms with E-state index in [4.69, 9.17) is 33.2 Å². The fourth-order valence-corrected chi connectivity index (χ4v) is 5.36. The van der Waals surface area contributed by atoms with Gasteiger partial charge in [0, 0.05) is 27.6 Å². The summed E-state index contributed by atoms with van der Waals surface area (Å²) in [7, 11) is 0. The predicted octanol–water partition coefficient (Wildman–Crippen LogP) is 13.1. The van der Waals surface area contributed by atoms with Crippen LogP contribution in [0, 0.1) is 0 Å². The molecule has 0 saturated carbocycles. The molecule has 8 aromatic carbocycles. The Hall–Kier alpha value is -6.18. The van der Waals surface area contributed by atoms with E-state index < -0.39 is 270 Å². The van der Waals surface area contributed by atoms with Crippen LogP contribution in [0.25, 0.3) is 88.3 Å². The van der Waals surface area contributed by atoms with Crippen LogP contribution in [0.5, 0.6) is 0 Å². The molecular weight excluding hydrogens is 569 g/mol. The molecule has 0 bridgehead atoms. The topological polar surface area (TPSA) is 13.1 Å². The second-order valence-corrected chi connectivity index (χ2v) is 9.76. The van der Waals surface area contributed by atoms with Crippen LogP contribution in [-0.2, 0) is 0 Å². The maximum atomic E-state index is 9.77. The number of fused-ring (bicyclic) bond motifs is 3. The summed E-state index contributed by atoms with van der Waals surface area (Å²) in [5.41, 5.74) is -8.77. The molecule has 0 unspecified atom stereocenters. The molecule has 0 N–H and O–H groups in total. The summed E-state index contributed by atoms with van der Waals surface area (Å²) in [5.74, 6) is -1.05. The number of benzene rings is 8. The zero-order valence-corrected chi connectivity index (χ0v) is 23.4. The molecule has 47 heavy (non-hydrogen) atoms. The lowest BCUT2D eigenvalue weighted by molar-refractivity contribution is 0.633. The van der Waals surface area contributed by atoms with Gasteiger partial charge in [0.1, 0.15) is 11.3 Å². The van der Waals surface area contributed by atoms with Crippen molar-refractivity contribution in [1.29, 1.82) is 0 Å². The van der Waals surface area contributed by atoms with Gasteiger partial charge in [0.2, 0.25) is 0 Å². The molecular formula is C46H30O. The number of furan rings is 1. The Bertz CT molecular complexity index is 4100. The lowest BCUT2D eigenvalue weighted by atomic mass is 9.84. The molecule has 0 aliphatic heterocycles. The van der Waals surface area contributed by atoms with E-state index in [-0.39, 0.29) is 0 Å². The van der Waals surface area contributed by atoms with Gasteiger partial charge >= 0.3 is 0 Å². The molecule has 1 aromatic heterocycles. The molecule has 1 heteroatoms. The summed E-state index contributed by atoms with van der Waals surface area (Å²) >= 11 is 0. The van der Waals surface area contributed by atoms with Gasteiger partial charge in [0.25, 0.3) is 0 Å². The van der Waals surface area contributed by atoms with E-state index in [1.54, 1.807) is 0 Å². The van der Waals surface area contributed by atoms with Gasteiger partial charge < -0.3 is 4.42 Å². The molecule has 1 heterocycles. The van der Waals surface area contributed by atoms with Crippen molar-refractivity contribution in [2.24, 2.45) is 0 Å². The molecule has 0 atom stereocenters. The van der Waals surface area contributed by atoms with E-state index in [1.807, 2.05) is 0 Å². The highest BCUT2D eigenvalue weighted by Gasteiger charge is 2.25. The van der Waals surface area contributed by atoms with Crippen molar-refractivity contribution in [2.45, 2.75) is 0 Å². The summed E-state index contributed by atoms with van der Waals surface area (Å²) in [4.78, 5) is 0. The third kappa shape index (κ3) is 4.56. The first-order chi connectivity index (χ1) is 35.8. The predicted molar refractivity (Wildman–Crippen MR) is 198 cm³/mol. The number of rotatable bonds is 5. The largest absolute Gasteiger partial charge is 0.455 e. The molecule has 0 amide bonds. The molecule has 0 spiro atoms. The number of hydrogen-bond acceptors (Lipinski definition) is 1. The summed E-state index contributed by atoms with van der Waals surface area (Å²) in [6.07, 6.45) is 0. The van der Waals surface area contributed by atoms with Crippen molar-refractivity contribution in [2.75, 3.05) is 0 Å². The van der Waals surface area contributed by atoms with Crippen LogP contribution in [0.3, 0.4) is 0 Å². The van der Waals surface area contributed by atoms with E-state index in [0.717, 1.165) is 0 Å². The van der Waals surface area contributed by atoms with E-state index in [9.17, 15) is 12.3 Å². The van der Waals surface area contributed by atoms with Gasteiger partial charge in [0.15, 0.2) is 0 Å². The van der Waals surface area contributed by atoms with Gasteiger partial charge in [0.05, 0.1) is 41.1 Å². The average Bonchev–Trinajstić information content (AvgIpc) is 3.98. The second-order valence-electron chi connectivity index (χ2n) is 9.76. The van der Waals surface area contributed by atoms with Crippen LogP contribution in [0.4, 0.5) is 0 Å². The Morgan fingerprint density at radius 2 is 0.766 bits per heavy atom. The summed E-state index contributed by atoms with van der Waals surface area (Å²) in [6, 6.07) is -31.1. The van der Waals surface area contributed by atoms with Crippen LogP contribution < -0.4 is 0 Å². The van der Waals surface area contributed by atoms with Crippen molar-refractivity contribution in [3.8, 4) is 55.8 Å². The lowest BCUT2D eigenvalue weighted by Crippen LogP contribution is -1.91. The van der Waals surface area contributed by atoms with Crippen molar-refractivity contribution in [3.63, 3.8) is 0 Å². The monoisotopic (exact) mass is 628 g/mol. The van der Waals surface area contributed by atoms with Gasteiger partial charge in [-0.25, -0.2) is 0 Å². The zero-order valence-electron chi connectivity index (χ0n) is 53.4. The van der Waals surface area contributed by atoms with Gasteiger partial charge in [-0.2, -0.15) is 0 Å². The SMILES string of the molecule is [2H]c1c([2H])c([2H])c(-c2c([2H])c([2H])c([2H])c(-c3oc4c(-c5c([2H])c([2H])c([2H])c([2H])c5[2H])c([2H])c([2H])c([2H])c4c3-c3c4c([2H])c([2H])c([2H])c([2H])c4c(-c4c([2H])c([2H])c([2H])c([2H])c4[2H])c4c([2H])c([2H])c([2H])c([2H])c34)c2[2H])c([2H])c1[2H]. The molecule has 9 rings (SSSR count). The molecule has 0 aliphatic carbocycles. The quantitative estimate of drug-likeness (QED) is 0.173. The van der Waals surface area contributed by atoms with Crippen LogP contribution in [0.2, 0.25) is 0 Å². The molecule has 220 valence electrons. The van der Waals surface area contributed by atoms with Crippen molar-refractivity contribution in [1.82, 2.24) is 0 Å². The maximum absolute atomic E-state index is 9.77. The minimum absolute atomic E-state index is 0.775. The van der Waals surface area contributed by atoms with Crippen LogP contribution in [0.1, 0.15) is 41.1 Å². The fourth-order valence-electron chi connectivity index (χ4n) is 5.36. The van der Waals surface area contributed by atoms with E-state index in [2.05, 4.69) is 0 Å². The van der Waals surface area contributed by atoms with Crippen LogP contribution in [-0.4, -0.2) is 0 Å². The Labute approximate surface area is 316 Å². The van der Waals surface area contributed by atoms with Crippen LogP contribution >= 0.6 is 0 Å². The first-order valence-corrected chi connectivity index (χ1v) is 13.7. The Kier molecular flexibility index (Phi) is 2.51. The van der Waals surface area contributed by atoms with Crippen molar-refractivity contribution < 1.29 is 45.5 Å². The molecule has 0 fully saturated rings. The molecule has 1 nitrogen and oxygen atoms in total. The zero-order chi connectivity index (χ0) is 57.3. The van der Waals surface area contributed by atoms with Gasteiger partial charge in [-0.05, 0) is 55.4 Å². The fraction of sp³-hybridized carbons (Fsp3) is 0. The van der Waals surface area contributed by atoms with E-state index >= 15 is 0 Å². The molecule has 9 aromatic rings. The summed E-state index contributed by atoms with van der Waals surface area (Å²) < 4.78 is 275. The minimum atomic E-state index is -1.16. The molecule has 0 aliphatic rings. The summed E-state index contributed by atoms with van der Waals surface area (Å²) in [5, 5.41) is -4.18. The van der Waals surface area contributed by atoms with Crippen molar-refractivity contribution in [3.05, 3.63) is 181 Å². The highest BCUT2D eigenvalue weighted by atomic mass is 16.3. The van der Waals surface area contributed by atoms with Gasteiger partial charge in [-0.15, -0.1) is 0 Å². The standard InChI is InChI=1S/C46H30O/c1-4-16-31(17-5-1)34-22-14-23-35(30-34)45-44(41-29-15-28-36(46(41)47-45)32-18-6-2-7-19-32)43-39-26-12-10-24-37(39)42(33-20-8-3-9-21-33)38-25-11-13-27-40(38)43/h1-30H/i1D,2D,3D,4D,5D,6D,7D,8D,9D,10D,11D,12D,13D,14D,15D,16D,17D,18D,19D,20D,21D,22D,23D,24D,25D,26D,27D,28D,29D,30D. The average molecular weight is 629 g/mol. The highest BCUT2D eigenvalue weighted by molar-refractivity contribution is 6.25. The van der Waals surface area contributed by atoms with Gasteiger partial charge in [-0.3, -0.25) is 0 Å². The third-order valence-corrected chi connectivity index (χ3v) is 7.24. The third-order valence-electron chi connectivity index (χ3n) is 7.24. The van der Waals surface area contributed by atoms with Gasteiger partial charge in [-0.1, -0.05) is 175 Å². The van der Waals surface area contributed by atoms with Crippen molar-refractivity contribution >= 4 is 32.5 Å². The van der Waals surface area contributed by atoms with E-state index in [0.29, 0.717) is 0 Å². The maximum Gasteiger partial charge on any atom is 0.143 e. The lowest BCUT2D eigenvalue weighted by Gasteiger charge is -2.18. The van der Waals surface area contributed by atoms with E-state index in [1.165, 1.54) is 0 Å². The number of hydrogen-bond donors (Lipinski definition) is 0. The normalized spacial score (nSPS) is 20.3. The highest BCUT2D eigenvalue weighted by Crippen LogP contribution is 2.50. The Balaban J connectivity index is 1.71. The Morgan fingerprint density at radius 1 is 0.319 bits per heavy atom. The Morgan fingerprint density at radius 3 is 1.38 bits per heavy atom. The molecule has 0 radical (unpaired) electrons. The van der Waals surface area contributed by atoms with Crippen LogP contribution in [0.15, 0.2) is 186 Å².